The molecule has 0 saturated carbocycles. The van der Waals surface area contributed by atoms with E-state index in [-0.39, 0.29) is 47.0 Å². The maximum atomic E-state index is 12.1. The second-order valence-electron chi connectivity index (χ2n) is 8.20. The van der Waals surface area contributed by atoms with Crippen LogP contribution in [-0.2, 0) is 4.79 Å². The van der Waals surface area contributed by atoms with Crippen molar-refractivity contribution in [2.45, 2.75) is 59.9 Å². The van der Waals surface area contributed by atoms with Crippen molar-refractivity contribution >= 4 is 11.8 Å². The zero-order valence-corrected chi connectivity index (χ0v) is 15.6. The Kier molecular flexibility index (Phi) is 6.41. The van der Waals surface area contributed by atoms with Crippen molar-refractivity contribution in [3.8, 4) is 5.75 Å². The summed E-state index contributed by atoms with van der Waals surface area (Å²) in [5, 5.41) is 15.5. The minimum atomic E-state index is -0.380. The number of aromatic hydroxyl groups is 1. The summed E-state index contributed by atoms with van der Waals surface area (Å²) in [5.74, 6) is -0.532. The Bertz CT molecular complexity index is 601. The van der Waals surface area contributed by atoms with Gasteiger partial charge in [-0.1, -0.05) is 26.8 Å². The highest BCUT2D eigenvalue weighted by Gasteiger charge is 2.26. The van der Waals surface area contributed by atoms with Gasteiger partial charge in [-0.15, -0.1) is 0 Å². The molecule has 24 heavy (non-hydrogen) atoms. The van der Waals surface area contributed by atoms with E-state index in [9.17, 15) is 14.7 Å². The Morgan fingerprint density at radius 3 is 2.29 bits per heavy atom. The van der Waals surface area contributed by atoms with Gasteiger partial charge in [0.15, 0.2) is 0 Å². The summed E-state index contributed by atoms with van der Waals surface area (Å²) in [7, 11) is 0. The standard InChI is InChI=1S/C19H30N2O3/c1-13-7-8-14(15(22)11-13)17(24)20-10-9-16(23)21-19(5,6)12-18(2,3)4/h7-8,11,22H,9-10,12H2,1-6H3,(H,20,24)(H,21,23). The molecular weight excluding hydrogens is 304 g/mol. The lowest BCUT2D eigenvalue weighted by Crippen LogP contribution is -2.46. The van der Waals surface area contributed by atoms with Crippen LogP contribution in [0, 0.1) is 12.3 Å². The van der Waals surface area contributed by atoms with E-state index in [4.69, 9.17) is 0 Å². The van der Waals surface area contributed by atoms with E-state index >= 15 is 0 Å². The first-order chi connectivity index (χ1) is 10.9. The van der Waals surface area contributed by atoms with Gasteiger partial charge < -0.3 is 15.7 Å². The van der Waals surface area contributed by atoms with Gasteiger partial charge in [0.05, 0.1) is 5.56 Å². The SMILES string of the molecule is Cc1ccc(C(=O)NCCC(=O)NC(C)(C)CC(C)(C)C)c(O)c1. The number of hydrogen-bond acceptors (Lipinski definition) is 3. The monoisotopic (exact) mass is 334 g/mol. The molecule has 2 amide bonds. The number of phenols is 1. The second-order valence-corrected chi connectivity index (χ2v) is 8.20. The average Bonchev–Trinajstić information content (AvgIpc) is 2.34. The van der Waals surface area contributed by atoms with Gasteiger partial charge >= 0.3 is 0 Å². The Labute approximate surface area is 144 Å². The Balaban J connectivity index is 2.46. The van der Waals surface area contributed by atoms with Crippen LogP contribution in [0.25, 0.3) is 0 Å². The number of carbonyl (C=O) groups excluding carboxylic acids is 2. The van der Waals surface area contributed by atoms with Crippen LogP contribution >= 0.6 is 0 Å². The van der Waals surface area contributed by atoms with Gasteiger partial charge in [-0.2, -0.15) is 0 Å². The largest absolute Gasteiger partial charge is 0.507 e. The van der Waals surface area contributed by atoms with Gasteiger partial charge in [0, 0.05) is 18.5 Å². The third-order valence-corrected chi connectivity index (χ3v) is 3.49. The molecule has 0 bridgehead atoms. The Morgan fingerprint density at radius 1 is 1.12 bits per heavy atom. The van der Waals surface area contributed by atoms with E-state index in [1.165, 1.54) is 6.07 Å². The van der Waals surface area contributed by atoms with Crippen LogP contribution in [0.5, 0.6) is 5.75 Å². The first kappa shape index (κ1) is 20.0. The van der Waals surface area contributed by atoms with Crippen LogP contribution in [0.15, 0.2) is 18.2 Å². The van der Waals surface area contributed by atoms with Gasteiger partial charge in [-0.25, -0.2) is 0 Å². The molecule has 0 atom stereocenters. The van der Waals surface area contributed by atoms with Crippen LogP contribution < -0.4 is 10.6 Å². The van der Waals surface area contributed by atoms with Crippen molar-refractivity contribution in [1.29, 1.82) is 0 Å². The molecular formula is C19H30N2O3. The summed E-state index contributed by atoms with van der Waals surface area (Å²) in [4.78, 5) is 24.1. The van der Waals surface area contributed by atoms with E-state index in [0.29, 0.717) is 0 Å². The van der Waals surface area contributed by atoms with Gasteiger partial charge in [0.1, 0.15) is 5.75 Å². The zero-order chi connectivity index (χ0) is 18.5. The molecule has 1 aromatic rings. The topological polar surface area (TPSA) is 78.4 Å². The smallest absolute Gasteiger partial charge is 0.255 e. The first-order valence-electron chi connectivity index (χ1n) is 8.28. The van der Waals surface area contributed by atoms with Crippen LogP contribution in [0.1, 0.15) is 63.4 Å². The van der Waals surface area contributed by atoms with Crippen molar-refractivity contribution < 1.29 is 14.7 Å². The predicted molar refractivity (Wildman–Crippen MR) is 96.1 cm³/mol. The normalized spacial score (nSPS) is 11.9. The fourth-order valence-corrected chi connectivity index (χ4v) is 3.03. The van der Waals surface area contributed by atoms with Gasteiger partial charge in [-0.3, -0.25) is 9.59 Å². The first-order valence-corrected chi connectivity index (χ1v) is 8.28. The number of aryl methyl sites for hydroxylation is 1. The molecule has 1 aromatic carbocycles. The van der Waals surface area contributed by atoms with E-state index in [1.54, 1.807) is 12.1 Å². The van der Waals surface area contributed by atoms with E-state index in [2.05, 4.69) is 31.4 Å². The number of rotatable bonds is 6. The molecule has 134 valence electrons. The number of amides is 2. The number of phenolic OH excluding ortho intramolecular Hbond substituents is 1. The molecule has 5 nitrogen and oxygen atoms in total. The highest BCUT2D eigenvalue weighted by Crippen LogP contribution is 2.26. The molecule has 0 radical (unpaired) electrons. The van der Waals surface area contributed by atoms with E-state index in [0.717, 1.165) is 12.0 Å². The van der Waals surface area contributed by atoms with Crippen molar-refractivity contribution in [3.05, 3.63) is 29.3 Å². The molecule has 0 spiro atoms. The highest BCUT2D eigenvalue weighted by atomic mass is 16.3. The summed E-state index contributed by atoms with van der Waals surface area (Å²) in [6.07, 6.45) is 1.06. The lowest BCUT2D eigenvalue weighted by atomic mass is 9.82. The van der Waals surface area contributed by atoms with Gasteiger partial charge in [-0.05, 0) is 50.3 Å². The molecule has 0 aromatic heterocycles. The number of nitrogens with one attached hydrogen (secondary N) is 2. The minimum absolute atomic E-state index is 0.0525. The van der Waals surface area contributed by atoms with Crippen LogP contribution in [0.4, 0.5) is 0 Å². The van der Waals surface area contributed by atoms with Crippen LogP contribution in [0.3, 0.4) is 0 Å². The summed E-state index contributed by atoms with van der Waals surface area (Å²) < 4.78 is 0. The summed E-state index contributed by atoms with van der Waals surface area (Å²) in [6, 6.07) is 4.87. The highest BCUT2D eigenvalue weighted by molar-refractivity contribution is 5.97. The molecule has 0 saturated heterocycles. The molecule has 5 heteroatoms. The minimum Gasteiger partial charge on any atom is -0.507 e. The lowest BCUT2D eigenvalue weighted by molar-refractivity contribution is -0.122. The third kappa shape index (κ3) is 7.02. The molecule has 0 aliphatic heterocycles. The maximum Gasteiger partial charge on any atom is 0.255 e. The number of benzene rings is 1. The van der Waals surface area contributed by atoms with Crippen molar-refractivity contribution in [2.75, 3.05) is 6.54 Å². The van der Waals surface area contributed by atoms with Crippen molar-refractivity contribution in [1.82, 2.24) is 10.6 Å². The fourth-order valence-electron chi connectivity index (χ4n) is 3.03. The van der Waals surface area contributed by atoms with Crippen LogP contribution in [-0.4, -0.2) is 29.0 Å². The summed E-state index contributed by atoms with van der Waals surface area (Å²) >= 11 is 0. The molecule has 0 aliphatic carbocycles. The Morgan fingerprint density at radius 2 is 1.75 bits per heavy atom. The number of carbonyl (C=O) groups is 2. The summed E-state index contributed by atoms with van der Waals surface area (Å²) in [5.41, 5.74) is 0.918. The molecule has 0 unspecified atom stereocenters. The molecule has 0 heterocycles. The second kappa shape index (κ2) is 7.69. The number of hydrogen-bond donors (Lipinski definition) is 3. The van der Waals surface area contributed by atoms with Crippen LogP contribution in [0.2, 0.25) is 0 Å². The van der Waals surface area contributed by atoms with E-state index in [1.807, 2.05) is 20.8 Å². The van der Waals surface area contributed by atoms with Crippen molar-refractivity contribution in [2.24, 2.45) is 5.41 Å². The lowest BCUT2D eigenvalue weighted by Gasteiger charge is -2.33. The Hall–Kier alpha value is -2.04. The third-order valence-electron chi connectivity index (χ3n) is 3.49. The predicted octanol–water partition coefficient (Wildman–Crippen LogP) is 3.15. The van der Waals surface area contributed by atoms with E-state index < -0.39 is 0 Å². The quantitative estimate of drug-likeness (QED) is 0.748. The average molecular weight is 334 g/mol. The molecule has 0 fully saturated rings. The van der Waals surface area contributed by atoms with Gasteiger partial charge in [0.25, 0.3) is 5.91 Å². The molecule has 0 aliphatic rings. The zero-order valence-electron chi connectivity index (χ0n) is 15.6. The fraction of sp³-hybridized carbons (Fsp3) is 0.579. The van der Waals surface area contributed by atoms with Gasteiger partial charge in [0.2, 0.25) is 5.91 Å². The molecule has 3 N–H and O–H groups in total. The molecule has 1 rings (SSSR count). The maximum absolute atomic E-state index is 12.1. The van der Waals surface area contributed by atoms with Crippen molar-refractivity contribution in [3.63, 3.8) is 0 Å². The summed E-state index contributed by atoms with van der Waals surface area (Å²) in [6.45, 7) is 12.5.